The van der Waals surface area contributed by atoms with Crippen LogP contribution in [-0.2, 0) is 6.42 Å². The molecule has 0 atom stereocenters. The molecular formula is C22H20F3N5O2. The summed E-state index contributed by atoms with van der Waals surface area (Å²) in [5.74, 6) is -0.815. The van der Waals surface area contributed by atoms with Gasteiger partial charge in [0.25, 0.3) is 12.3 Å². The number of ether oxygens (including phenoxy) is 1. The predicted molar refractivity (Wildman–Crippen MR) is 112 cm³/mol. The van der Waals surface area contributed by atoms with E-state index in [2.05, 4.69) is 20.3 Å². The summed E-state index contributed by atoms with van der Waals surface area (Å²) in [6.45, 7) is 2.67. The molecule has 2 aromatic heterocycles. The number of halogens is 3. The zero-order valence-corrected chi connectivity index (χ0v) is 17.1. The Labute approximate surface area is 182 Å². The molecule has 166 valence electrons. The van der Waals surface area contributed by atoms with Gasteiger partial charge in [0, 0.05) is 30.2 Å². The molecule has 3 aromatic rings. The molecule has 32 heavy (non-hydrogen) atoms. The van der Waals surface area contributed by atoms with Crippen LogP contribution >= 0.6 is 0 Å². The molecule has 7 nitrogen and oxygen atoms in total. The molecule has 3 heterocycles. The van der Waals surface area contributed by atoms with Crippen LogP contribution in [0.3, 0.4) is 0 Å². The minimum atomic E-state index is -2.79. The van der Waals surface area contributed by atoms with Crippen LogP contribution in [0.2, 0.25) is 0 Å². The van der Waals surface area contributed by atoms with Gasteiger partial charge in [0.15, 0.2) is 11.5 Å². The van der Waals surface area contributed by atoms with Crippen LogP contribution in [-0.4, -0.2) is 40.1 Å². The predicted octanol–water partition coefficient (Wildman–Crippen LogP) is 4.03. The summed E-state index contributed by atoms with van der Waals surface area (Å²) in [6, 6.07) is 4.80. The SMILES string of the molecule is CCc1cncc(NC(=O)c2nccnc2N2CC(Oc3cc(F)cc(C(F)F)c3)C2)c1. The van der Waals surface area contributed by atoms with Gasteiger partial charge in [-0.15, -0.1) is 0 Å². The first-order valence-electron chi connectivity index (χ1n) is 9.99. The lowest BCUT2D eigenvalue weighted by molar-refractivity contribution is 0.102. The molecule has 1 aliphatic heterocycles. The molecule has 10 heteroatoms. The Kier molecular flexibility index (Phi) is 6.20. The molecular weight excluding hydrogens is 423 g/mol. The minimum Gasteiger partial charge on any atom is -0.487 e. The van der Waals surface area contributed by atoms with E-state index in [1.54, 1.807) is 17.3 Å². The highest BCUT2D eigenvalue weighted by Crippen LogP contribution is 2.28. The van der Waals surface area contributed by atoms with Gasteiger partial charge in [0.2, 0.25) is 0 Å². The maximum absolute atomic E-state index is 13.6. The van der Waals surface area contributed by atoms with Crippen LogP contribution in [0.5, 0.6) is 5.75 Å². The molecule has 0 spiro atoms. The van der Waals surface area contributed by atoms with E-state index >= 15 is 0 Å². The van der Waals surface area contributed by atoms with Crippen molar-refractivity contribution in [2.24, 2.45) is 0 Å². The molecule has 0 saturated carbocycles. The third-order valence-corrected chi connectivity index (χ3v) is 4.95. The highest BCUT2D eigenvalue weighted by molar-refractivity contribution is 6.06. The number of nitrogens with one attached hydrogen (secondary N) is 1. The molecule has 1 aromatic carbocycles. The molecule has 0 unspecified atom stereocenters. The van der Waals surface area contributed by atoms with Crippen molar-refractivity contribution in [3.8, 4) is 5.75 Å². The molecule has 0 aliphatic carbocycles. The monoisotopic (exact) mass is 443 g/mol. The summed E-state index contributed by atoms with van der Waals surface area (Å²) >= 11 is 0. The standard InChI is InChI=1S/C22H20F3N5O2/c1-2-13-5-16(10-26-9-13)29-22(31)19-21(28-4-3-27-19)30-11-18(12-30)32-17-7-14(20(24)25)6-15(23)8-17/h3-10,18,20H,2,11-12H2,1H3,(H,29,31). The van der Waals surface area contributed by atoms with E-state index < -0.39 is 23.7 Å². The van der Waals surface area contributed by atoms with Crippen molar-refractivity contribution in [2.45, 2.75) is 25.9 Å². The lowest BCUT2D eigenvalue weighted by Gasteiger charge is -2.40. The normalized spacial score (nSPS) is 13.7. The number of benzene rings is 1. The average Bonchev–Trinajstić information content (AvgIpc) is 2.75. The number of hydrogen-bond acceptors (Lipinski definition) is 6. The second kappa shape index (κ2) is 9.21. The fraction of sp³-hybridized carbons (Fsp3) is 0.273. The van der Waals surface area contributed by atoms with E-state index in [0.717, 1.165) is 30.2 Å². The first-order valence-corrected chi connectivity index (χ1v) is 9.99. The van der Waals surface area contributed by atoms with Gasteiger partial charge in [-0.05, 0) is 30.2 Å². The Morgan fingerprint density at radius 2 is 1.97 bits per heavy atom. The Morgan fingerprint density at radius 1 is 1.19 bits per heavy atom. The van der Waals surface area contributed by atoms with Crippen LogP contribution in [0.15, 0.2) is 49.1 Å². The van der Waals surface area contributed by atoms with Gasteiger partial charge in [-0.25, -0.2) is 23.1 Å². The van der Waals surface area contributed by atoms with Crippen molar-refractivity contribution in [2.75, 3.05) is 23.3 Å². The fourth-order valence-corrected chi connectivity index (χ4v) is 3.32. The van der Waals surface area contributed by atoms with Crippen LogP contribution in [0, 0.1) is 5.82 Å². The highest BCUT2D eigenvalue weighted by atomic mass is 19.3. The number of rotatable bonds is 7. The number of carbonyl (C=O) groups is 1. The number of aryl methyl sites for hydroxylation is 1. The van der Waals surface area contributed by atoms with Crippen molar-refractivity contribution >= 4 is 17.4 Å². The van der Waals surface area contributed by atoms with Gasteiger partial charge in [-0.1, -0.05) is 6.92 Å². The molecule has 1 amide bonds. The quantitative estimate of drug-likeness (QED) is 0.594. The summed E-state index contributed by atoms with van der Waals surface area (Å²) in [6.07, 6.45) is 3.80. The van der Waals surface area contributed by atoms with Crippen molar-refractivity contribution < 1.29 is 22.7 Å². The molecule has 1 aliphatic rings. The first-order chi connectivity index (χ1) is 15.4. The minimum absolute atomic E-state index is 0.0327. The molecule has 1 fully saturated rings. The summed E-state index contributed by atoms with van der Waals surface area (Å²) in [5, 5.41) is 2.78. The van der Waals surface area contributed by atoms with E-state index in [4.69, 9.17) is 4.74 Å². The third kappa shape index (κ3) is 4.79. The first kappa shape index (κ1) is 21.5. The Bertz CT molecular complexity index is 1120. The zero-order valence-electron chi connectivity index (χ0n) is 17.1. The van der Waals surface area contributed by atoms with E-state index in [1.165, 1.54) is 12.4 Å². The van der Waals surface area contributed by atoms with Crippen molar-refractivity contribution in [3.05, 3.63) is 71.7 Å². The molecule has 0 radical (unpaired) electrons. The molecule has 1 N–H and O–H groups in total. The number of pyridine rings is 1. The van der Waals surface area contributed by atoms with E-state index in [9.17, 15) is 18.0 Å². The second-order valence-corrected chi connectivity index (χ2v) is 7.28. The number of amides is 1. The topological polar surface area (TPSA) is 80.2 Å². The van der Waals surface area contributed by atoms with Crippen LogP contribution in [0.4, 0.5) is 24.7 Å². The smallest absolute Gasteiger partial charge is 0.278 e. The van der Waals surface area contributed by atoms with Gasteiger partial charge in [0.1, 0.15) is 17.7 Å². The maximum Gasteiger partial charge on any atom is 0.278 e. The summed E-state index contributed by atoms with van der Waals surface area (Å²) in [4.78, 5) is 27.1. The van der Waals surface area contributed by atoms with Gasteiger partial charge >= 0.3 is 0 Å². The lowest BCUT2D eigenvalue weighted by atomic mass is 10.1. The Morgan fingerprint density at radius 3 is 2.72 bits per heavy atom. The Hall–Kier alpha value is -3.69. The Balaban J connectivity index is 1.43. The third-order valence-electron chi connectivity index (χ3n) is 4.95. The summed E-state index contributed by atoms with van der Waals surface area (Å²) in [7, 11) is 0. The molecule has 1 saturated heterocycles. The van der Waals surface area contributed by atoms with Crippen LogP contribution in [0.1, 0.15) is 35.0 Å². The zero-order chi connectivity index (χ0) is 22.7. The number of alkyl halides is 2. The van der Waals surface area contributed by atoms with E-state index in [0.29, 0.717) is 24.6 Å². The van der Waals surface area contributed by atoms with Crippen LogP contribution < -0.4 is 15.0 Å². The maximum atomic E-state index is 13.6. The number of aromatic nitrogens is 3. The number of anilines is 2. The largest absolute Gasteiger partial charge is 0.487 e. The van der Waals surface area contributed by atoms with Crippen molar-refractivity contribution in [1.82, 2.24) is 15.0 Å². The number of nitrogens with zero attached hydrogens (tertiary/aromatic N) is 4. The van der Waals surface area contributed by atoms with Gasteiger partial charge in [-0.3, -0.25) is 9.78 Å². The number of carbonyl (C=O) groups excluding carboxylic acids is 1. The van der Waals surface area contributed by atoms with E-state index in [1.807, 2.05) is 13.0 Å². The van der Waals surface area contributed by atoms with Crippen molar-refractivity contribution in [3.63, 3.8) is 0 Å². The van der Waals surface area contributed by atoms with Crippen LogP contribution in [0.25, 0.3) is 0 Å². The van der Waals surface area contributed by atoms with E-state index in [-0.39, 0.29) is 17.5 Å². The fourth-order valence-electron chi connectivity index (χ4n) is 3.32. The summed E-state index contributed by atoms with van der Waals surface area (Å²) in [5.41, 5.74) is 1.23. The average molecular weight is 443 g/mol. The van der Waals surface area contributed by atoms with Gasteiger partial charge in [-0.2, -0.15) is 0 Å². The molecule has 0 bridgehead atoms. The number of hydrogen-bond donors (Lipinski definition) is 1. The second-order valence-electron chi connectivity index (χ2n) is 7.28. The summed E-state index contributed by atoms with van der Waals surface area (Å²) < 4.78 is 45.0. The van der Waals surface area contributed by atoms with Gasteiger partial charge in [0.05, 0.1) is 25.0 Å². The van der Waals surface area contributed by atoms with Gasteiger partial charge < -0.3 is 15.0 Å². The highest BCUT2D eigenvalue weighted by Gasteiger charge is 2.33. The molecule has 4 rings (SSSR count). The lowest BCUT2D eigenvalue weighted by Crippen LogP contribution is -2.54. The van der Waals surface area contributed by atoms with Crippen molar-refractivity contribution in [1.29, 1.82) is 0 Å².